The van der Waals surface area contributed by atoms with E-state index in [2.05, 4.69) is 15.4 Å². The summed E-state index contributed by atoms with van der Waals surface area (Å²) in [4.78, 5) is 6.02. The van der Waals surface area contributed by atoms with Crippen molar-refractivity contribution >= 4 is 41.5 Å². The lowest BCUT2D eigenvalue weighted by Crippen LogP contribution is -2.38. The number of aryl methyl sites for hydroxylation is 1. The lowest BCUT2D eigenvalue weighted by atomic mass is 10.2. The summed E-state index contributed by atoms with van der Waals surface area (Å²) in [6, 6.07) is 4.68. The Morgan fingerprint density at radius 2 is 2.22 bits per heavy atom. The number of halogens is 3. The molecule has 2 aromatic rings. The monoisotopic (exact) mass is 451 g/mol. The molecule has 0 aliphatic carbocycles. The Labute approximate surface area is 157 Å². The Morgan fingerprint density at radius 3 is 2.78 bits per heavy atom. The molecule has 1 aromatic carbocycles. The van der Waals surface area contributed by atoms with Crippen molar-refractivity contribution in [1.29, 1.82) is 0 Å². The molecular formula is C15H20ClFIN5. The molecule has 1 heterocycles. The second kappa shape index (κ2) is 9.07. The SMILES string of the molecule is CN=C(NCc1cnn(C)c1)N(C)Cc1c(F)cccc1Cl.I. The lowest BCUT2D eigenvalue weighted by molar-refractivity contribution is 0.460. The summed E-state index contributed by atoms with van der Waals surface area (Å²) < 4.78 is 15.6. The van der Waals surface area contributed by atoms with Gasteiger partial charge in [0, 0.05) is 56.6 Å². The Bertz CT molecular complexity index is 653. The number of nitrogens with zero attached hydrogens (tertiary/aromatic N) is 4. The van der Waals surface area contributed by atoms with Gasteiger partial charge in [-0.25, -0.2) is 4.39 Å². The van der Waals surface area contributed by atoms with Gasteiger partial charge in [0.15, 0.2) is 5.96 Å². The summed E-state index contributed by atoms with van der Waals surface area (Å²) in [7, 11) is 5.39. The highest BCUT2D eigenvalue weighted by molar-refractivity contribution is 14.0. The van der Waals surface area contributed by atoms with Crippen molar-refractivity contribution in [2.24, 2.45) is 12.0 Å². The molecule has 0 atom stereocenters. The molecule has 0 amide bonds. The predicted octanol–water partition coefficient (Wildman–Crippen LogP) is 3.04. The fourth-order valence-corrected chi connectivity index (χ4v) is 2.35. The van der Waals surface area contributed by atoms with E-state index in [1.165, 1.54) is 6.07 Å². The molecule has 0 radical (unpaired) electrons. The van der Waals surface area contributed by atoms with E-state index in [9.17, 15) is 4.39 Å². The van der Waals surface area contributed by atoms with Crippen LogP contribution in [0.4, 0.5) is 4.39 Å². The summed E-state index contributed by atoms with van der Waals surface area (Å²) in [6.07, 6.45) is 3.71. The largest absolute Gasteiger partial charge is 0.352 e. The highest BCUT2D eigenvalue weighted by atomic mass is 127. The Morgan fingerprint density at radius 1 is 1.48 bits per heavy atom. The van der Waals surface area contributed by atoms with Gasteiger partial charge in [-0.1, -0.05) is 17.7 Å². The summed E-state index contributed by atoms with van der Waals surface area (Å²) in [6.45, 7) is 0.925. The Balaban J connectivity index is 0.00000264. The molecule has 23 heavy (non-hydrogen) atoms. The van der Waals surface area contributed by atoms with Crippen LogP contribution in [0, 0.1) is 5.82 Å². The first kappa shape index (κ1) is 19.7. The average Bonchev–Trinajstić information content (AvgIpc) is 2.89. The quantitative estimate of drug-likeness (QED) is 0.442. The summed E-state index contributed by atoms with van der Waals surface area (Å²) in [5.41, 5.74) is 1.50. The van der Waals surface area contributed by atoms with Crippen molar-refractivity contribution in [3.63, 3.8) is 0 Å². The van der Waals surface area contributed by atoms with E-state index >= 15 is 0 Å². The van der Waals surface area contributed by atoms with Crippen LogP contribution in [0.5, 0.6) is 0 Å². The van der Waals surface area contributed by atoms with E-state index in [0.29, 0.717) is 29.6 Å². The standard InChI is InChI=1S/C15H19ClFN5.HI/c1-18-15(19-7-11-8-20-22(3)9-11)21(2)10-12-13(16)5-4-6-14(12)17;/h4-6,8-9H,7,10H2,1-3H3,(H,18,19);1H. The zero-order valence-electron chi connectivity index (χ0n) is 13.3. The van der Waals surface area contributed by atoms with E-state index in [0.717, 1.165) is 5.56 Å². The third-order valence-corrected chi connectivity index (χ3v) is 3.59. The fourth-order valence-electron chi connectivity index (χ4n) is 2.12. The van der Waals surface area contributed by atoms with Crippen LogP contribution in [0.15, 0.2) is 35.6 Å². The highest BCUT2D eigenvalue weighted by Crippen LogP contribution is 2.20. The van der Waals surface area contributed by atoms with Gasteiger partial charge in [-0.3, -0.25) is 9.67 Å². The molecule has 0 unspecified atom stereocenters. The molecule has 0 spiro atoms. The van der Waals surface area contributed by atoms with Crippen molar-refractivity contribution in [2.75, 3.05) is 14.1 Å². The number of hydrogen-bond donors (Lipinski definition) is 1. The maximum absolute atomic E-state index is 13.8. The zero-order valence-corrected chi connectivity index (χ0v) is 16.3. The average molecular weight is 452 g/mol. The van der Waals surface area contributed by atoms with E-state index in [-0.39, 0.29) is 29.8 Å². The van der Waals surface area contributed by atoms with Crippen LogP contribution >= 0.6 is 35.6 Å². The topological polar surface area (TPSA) is 45.5 Å². The van der Waals surface area contributed by atoms with E-state index in [4.69, 9.17) is 11.6 Å². The highest BCUT2D eigenvalue weighted by Gasteiger charge is 2.12. The zero-order chi connectivity index (χ0) is 16.1. The second-order valence-electron chi connectivity index (χ2n) is 4.98. The number of aromatic nitrogens is 2. The Kier molecular flexibility index (Phi) is 7.77. The number of benzene rings is 1. The maximum Gasteiger partial charge on any atom is 0.193 e. The minimum atomic E-state index is -0.318. The van der Waals surface area contributed by atoms with Crippen LogP contribution in [0.2, 0.25) is 5.02 Å². The van der Waals surface area contributed by atoms with Crippen LogP contribution < -0.4 is 5.32 Å². The number of nitrogens with one attached hydrogen (secondary N) is 1. The second-order valence-corrected chi connectivity index (χ2v) is 5.39. The molecule has 0 saturated carbocycles. The molecule has 5 nitrogen and oxygen atoms in total. The minimum absolute atomic E-state index is 0. The molecule has 0 bridgehead atoms. The molecule has 8 heteroatoms. The molecule has 1 aromatic heterocycles. The van der Waals surface area contributed by atoms with Gasteiger partial charge >= 0.3 is 0 Å². The molecule has 0 aliphatic rings. The van der Waals surface area contributed by atoms with Gasteiger partial charge in [-0.2, -0.15) is 5.10 Å². The van der Waals surface area contributed by atoms with E-state index in [1.54, 1.807) is 30.1 Å². The van der Waals surface area contributed by atoms with Crippen molar-refractivity contribution in [3.05, 3.63) is 52.6 Å². The van der Waals surface area contributed by atoms with Gasteiger partial charge in [0.1, 0.15) is 5.82 Å². The summed E-state index contributed by atoms with van der Waals surface area (Å²) >= 11 is 6.06. The summed E-state index contributed by atoms with van der Waals surface area (Å²) in [5, 5.41) is 7.74. The van der Waals surface area contributed by atoms with Gasteiger partial charge in [0.25, 0.3) is 0 Å². The molecule has 2 rings (SSSR count). The molecule has 1 N–H and O–H groups in total. The van der Waals surface area contributed by atoms with Crippen LogP contribution in [-0.2, 0) is 20.1 Å². The maximum atomic E-state index is 13.8. The van der Waals surface area contributed by atoms with Crippen molar-refractivity contribution < 1.29 is 4.39 Å². The number of rotatable bonds is 4. The molecule has 0 saturated heterocycles. The summed E-state index contributed by atoms with van der Waals surface area (Å²) in [5.74, 6) is 0.338. The first-order chi connectivity index (χ1) is 10.5. The van der Waals surface area contributed by atoms with Crippen LogP contribution in [0.25, 0.3) is 0 Å². The lowest BCUT2D eigenvalue weighted by Gasteiger charge is -2.22. The van der Waals surface area contributed by atoms with Crippen LogP contribution in [0.1, 0.15) is 11.1 Å². The van der Waals surface area contributed by atoms with Gasteiger partial charge in [0.05, 0.1) is 6.20 Å². The van der Waals surface area contributed by atoms with Crippen LogP contribution in [0.3, 0.4) is 0 Å². The normalized spacial score (nSPS) is 11.1. The van der Waals surface area contributed by atoms with Gasteiger partial charge < -0.3 is 10.2 Å². The van der Waals surface area contributed by atoms with Gasteiger partial charge in [0.2, 0.25) is 0 Å². The van der Waals surface area contributed by atoms with Crippen LogP contribution in [-0.4, -0.2) is 34.7 Å². The third-order valence-electron chi connectivity index (χ3n) is 3.24. The fraction of sp³-hybridized carbons (Fsp3) is 0.333. The first-order valence-corrected chi connectivity index (χ1v) is 7.21. The smallest absolute Gasteiger partial charge is 0.193 e. The first-order valence-electron chi connectivity index (χ1n) is 6.83. The Hall–Kier alpha value is -1.35. The number of aliphatic imine (C=N–C) groups is 1. The molecule has 0 fully saturated rings. The third kappa shape index (κ3) is 5.35. The molecular weight excluding hydrogens is 432 g/mol. The number of hydrogen-bond acceptors (Lipinski definition) is 2. The van der Waals surface area contributed by atoms with E-state index < -0.39 is 0 Å². The van der Waals surface area contributed by atoms with Gasteiger partial charge in [-0.05, 0) is 12.1 Å². The minimum Gasteiger partial charge on any atom is -0.352 e. The van der Waals surface area contributed by atoms with Crippen molar-refractivity contribution in [1.82, 2.24) is 20.0 Å². The van der Waals surface area contributed by atoms with E-state index in [1.807, 2.05) is 25.2 Å². The van der Waals surface area contributed by atoms with Crippen molar-refractivity contribution in [3.8, 4) is 0 Å². The van der Waals surface area contributed by atoms with Gasteiger partial charge in [-0.15, -0.1) is 24.0 Å². The molecule has 0 aliphatic heterocycles. The molecule has 126 valence electrons. The van der Waals surface area contributed by atoms with Crippen molar-refractivity contribution in [2.45, 2.75) is 13.1 Å². The predicted molar refractivity (Wildman–Crippen MR) is 102 cm³/mol. The number of guanidine groups is 1.